The zero-order valence-corrected chi connectivity index (χ0v) is 12.0. The van der Waals surface area contributed by atoms with Gasteiger partial charge in [-0.2, -0.15) is 0 Å². The van der Waals surface area contributed by atoms with Crippen LogP contribution in [-0.2, 0) is 9.53 Å². The third-order valence-corrected chi connectivity index (χ3v) is 4.25. The summed E-state index contributed by atoms with van der Waals surface area (Å²) >= 11 is 0. The van der Waals surface area contributed by atoms with E-state index in [0.717, 1.165) is 18.8 Å². The monoisotopic (exact) mass is 284 g/mol. The fraction of sp³-hybridized carbons (Fsp3) is 0.857. The minimum Gasteiger partial charge on any atom is -0.480 e. The Morgan fingerprint density at radius 2 is 2.00 bits per heavy atom. The second-order valence-electron chi connectivity index (χ2n) is 5.88. The number of ether oxygens (including phenoxy) is 1. The van der Waals surface area contributed by atoms with Crippen molar-refractivity contribution in [3.8, 4) is 0 Å². The highest BCUT2D eigenvalue weighted by atomic mass is 16.5. The van der Waals surface area contributed by atoms with E-state index in [-0.39, 0.29) is 12.1 Å². The molecule has 1 heterocycles. The molecule has 0 aromatic heterocycles. The van der Waals surface area contributed by atoms with Gasteiger partial charge < -0.3 is 20.5 Å². The van der Waals surface area contributed by atoms with E-state index in [1.165, 1.54) is 12.8 Å². The van der Waals surface area contributed by atoms with Crippen molar-refractivity contribution in [3.63, 3.8) is 0 Å². The van der Waals surface area contributed by atoms with Crippen molar-refractivity contribution in [3.05, 3.63) is 0 Å². The highest BCUT2D eigenvalue weighted by molar-refractivity contribution is 5.86. The van der Waals surface area contributed by atoms with Gasteiger partial charge in [-0.05, 0) is 18.8 Å². The first-order chi connectivity index (χ1) is 9.55. The summed E-state index contributed by atoms with van der Waals surface area (Å²) in [5, 5.41) is 15.0. The Hall–Kier alpha value is -1.30. The predicted octanol–water partition coefficient (Wildman–Crippen LogP) is 1.50. The number of hydrogen-bond donors (Lipinski definition) is 3. The van der Waals surface area contributed by atoms with E-state index in [1.54, 1.807) is 0 Å². The van der Waals surface area contributed by atoms with Gasteiger partial charge in [-0.3, -0.25) is 0 Å². The highest BCUT2D eigenvalue weighted by Crippen LogP contribution is 2.34. The van der Waals surface area contributed by atoms with Gasteiger partial charge in [0.25, 0.3) is 0 Å². The Kier molecular flexibility index (Phi) is 4.86. The molecule has 1 aliphatic heterocycles. The Labute approximate surface area is 119 Å². The van der Waals surface area contributed by atoms with Crippen LogP contribution in [0.1, 0.15) is 45.4 Å². The van der Waals surface area contributed by atoms with Crippen LogP contribution < -0.4 is 10.6 Å². The molecule has 0 aromatic carbocycles. The summed E-state index contributed by atoms with van der Waals surface area (Å²) in [7, 11) is 0. The third-order valence-electron chi connectivity index (χ3n) is 4.25. The lowest BCUT2D eigenvalue weighted by Gasteiger charge is -2.34. The Morgan fingerprint density at radius 3 is 2.50 bits per heavy atom. The second kappa shape index (κ2) is 6.43. The van der Waals surface area contributed by atoms with Gasteiger partial charge in [0.15, 0.2) is 0 Å². The molecule has 0 radical (unpaired) electrons. The van der Waals surface area contributed by atoms with E-state index in [4.69, 9.17) is 4.74 Å². The summed E-state index contributed by atoms with van der Waals surface area (Å²) in [4.78, 5) is 23.5. The average Bonchev–Trinajstić information content (AvgIpc) is 3.22. The number of carbonyl (C=O) groups is 2. The van der Waals surface area contributed by atoms with Crippen molar-refractivity contribution in [1.29, 1.82) is 0 Å². The number of aliphatic carboxylic acids is 1. The Bertz CT molecular complexity index is 362. The largest absolute Gasteiger partial charge is 0.480 e. The van der Waals surface area contributed by atoms with Crippen LogP contribution in [0.5, 0.6) is 0 Å². The van der Waals surface area contributed by atoms with E-state index in [0.29, 0.717) is 26.1 Å². The van der Waals surface area contributed by atoms with E-state index in [9.17, 15) is 14.7 Å². The van der Waals surface area contributed by atoms with Crippen LogP contribution in [0, 0.1) is 5.92 Å². The molecule has 1 saturated heterocycles. The number of carboxylic acids is 1. The zero-order valence-electron chi connectivity index (χ0n) is 12.0. The quantitative estimate of drug-likeness (QED) is 0.689. The molecule has 1 atom stereocenters. The summed E-state index contributed by atoms with van der Waals surface area (Å²) in [5.74, 6) is -0.247. The van der Waals surface area contributed by atoms with Crippen molar-refractivity contribution >= 4 is 12.0 Å². The van der Waals surface area contributed by atoms with Crippen LogP contribution in [-0.4, -0.2) is 41.9 Å². The van der Waals surface area contributed by atoms with Gasteiger partial charge in [-0.15, -0.1) is 0 Å². The maximum atomic E-state index is 12.1. The summed E-state index contributed by atoms with van der Waals surface area (Å²) in [6.45, 7) is 2.77. The lowest BCUT2D eigenvalue weighted by molar-refractivity contribution is -0.148. The first-order valence-electron chi connectivity index (χ1n) is 7.45. The van der Waals surface area contributed by atoms with Gasteiger partial charge in [0, 0.05) is 32.1 Å². The molecule has 1 unspecified atom stereocenters. The summed E-state index contributed by atoms with van der Waals surface area (Å²) in [6, 6.07) is -0.241. The van der Waals surface area contributed by atoms with Gasteiger partial charge in [-0.25, -0.2) is 9.59 Å². The van der Waals surface area contributed by atoms with Crippen LogP contribution in [0.15, 0.2) is 0 Å². The summed E-state index contributed by atoms with van der Waals surface area (Å²) < 4.78 is 5.18. The van der Waals surface area contributed by atoms with E-state index in [1.807, 2.05) is 6.92 Å². The van der Waals surface area contributed by atoms with Crippen LogP contribution in [0.3, 0.4) is 0 Å². The van der Waals surface area contributed by atoms with E-state index in [2.05, 4.69) is 10.6 Å². The van der Waals surface area contributed by atoms with Crippen LogP contribution >= 0.6 is 0 Å². The maximum absolute atomic E-state index is 12.1. The molecule has 2 amide bonds. The maximum Gasteiger partial charge on any atom is 0.329 e. The molecule has 2 rings (SSSR count). The van der Waals surface area contributed by atoms with Crippen molar-refractivity contribution in [1.82, 2.24) is 10.6 Å². The van der Waals surface area contributed by atoms with Gasteiger partial charge in [0.05, 0.1) is 0 Å². The molecule has 6 heteroatoms. The summed E-state index contributed by atoms with van der Waals surface area (Å²) in [6.07, 6.45) is 4.98. The number of hydrogen-bond acceptors (Lipinski definition) is 3. The van der Waals surface area contributed by atoms with Gasteiger partial charge in [0.2, 0.25) is 0 Å². The number of nitrogens with one attached hydrogen (secondary N) is 2. The molecule has 114 valence electrons. The first kappa shape index (κ1) is 15.1. The lowest BCUT2D eigenvalue weighted by Crippen LogP contribution is -2.60. The molecule has 6 nitrogen and oxygen atoms in total. The normalized spacial score (nSPS) is 22.9. The molecule has 0 bridgehead atoms. The van der Waals surface area contributed by atoms with E-state index < -0.39 is 11.5 Å². The Morgan fingerprint density at radius 1 is 1.35 bits per heavy atom. The van der Waals surface area contributed by atoms with Gasteiger partial charge in [-0.1, -0.05) is 19.8 Å². The summed E-state index contributed by atoms with van der Waals surface area (Å²) in [5.41, 5.74) is -1.18. The molecular weight excluding hydrogens is 260 g/mol. The number of amides is 2. The molecule has 2 fully saturated rings. The van der Waals surface area contributed by atoms with Crippen molar-refractivity contribution in [2.75, 3.05) is 13.2 Å². The van der Waals surface area contributed by atoms with Crippen LogP contribution in [0.4, 0.5) is 4.79 Å². The van der Waals surface area contributed by atoms with Gasteiger partial charge >= 0.3 is 12.0 Å². The fourth-order valence-corrected chi connectivity index (χ4v) is 2.63. The minimum absolute atomic E-state index is 0.133. The molecular formula is C14H24N2O4. The zero-order chi connectivity index (χ0) is 14.6. The topological polar surface area (TPSA) is 87.7 Å². The van der Waals surface area contributed by atoms with Crippen molar-refractivity contribution < 1.29 is 19.4 Å². The Balaban J connectivity index is 1.88. The minimum atomic E-state index is -1.18. The van der Waals surface area contributed by atoms with Crippen LogP contribution in [0.2, 0.25) is 0 Å². The SMILES string of the molecule is CCC(CC1CC1)NC(=O)NC1(C(=O)O)CCOCC1. The number of rotatable bonds is 6. The molecule has 20 heavy (non-hydrogen) atoms. The first-order valence-corrected chi connectivity index (χ1v) is 7.45. The average molecular weight is 284 g/mol. The number of carboxylic acid groups (broad SMARTS) is 1. The third kappa shape index (κ3) is 3.85. The highest BCUT2D eigenvalue weighted by Gasteiger charge is 2.42. The second-order valence-corrected chi connectivity index (χ2v) is 5.88. The van der Waals surface area contributed by atoms with Gasteiger partial charge in [0.1, 0.15) is 5.54 Å². The number of urea groups is 1. The van der Waals surface area contributed by atoms with Crippen molar-refractivity contribution in [2.45, 2.75) is 57.0 Å². The van der Waals surface area contributed by atoms with E-state index >= 15 is 0 Å². The standard InChI is InChI=1S/C14H24N2O4/c1-2-11(9-10-3-4-10)15-13(19)16-14(12(17)18)5-7-20-8-6-14/h10-11H,2-9H2,1H3,(H,17,18)(H2,15,16,19). The fourth-order valence-electron chi connectivity index (χ4n) is 2.63. The van der Waals surface area contributed by atoms with Crippen molar-refractivity contribution in [2.24, 2.45) is 5.92 Å². The predicted molar refractivity (Wildman–Crippen MR) is 73.5 cm³/mol. The molecule has 1 aliphatic carbocycles. The lowest BCUT2D eigenvalue weighted by atomic mass is 9.90. The molecule has 3 N–H and O–H groups in total. The van der Waals surface area contributed by atoms with Crippen LogP contribution in [0.25, 0.3) is 0 Å². The molecule has 0 spiro atoms. The molecule has 0 aromatic rings. The smallest absolute Gasteiger partial charge is 0.329 e. The molecule has 1 saturated carbocycles. The molecule has 2 aliphatic rings. The number of carbonyl (C=O) groups excluding carboxylic acids is 1.